The van der Waals surface area contributed by atoms with Crippen LogP contribution in [0.2, 0.25) is 0 Å². The van der Waals surface area contributed by atoms with E-state index in [2.05, 4.69) is 10.3 Å². The molecular formula is C29H33FN2O4. The number of piperidine rings is 1. The number of nitrogens with zero attached hydrogens (tertiary/aromatic N) is 1. The maximum absolute atomic E-state index is 13.4. The van der Waals surface area contributed by atoms with Crippen LogP contribution in [-0.2, 0) is 4.79 Å². The number of carboxylic acids is 1. The molecule has 0 radical (unpaired) electrons. The Balaban J connectivity index is 1.41. The number of fused-ring (bicyclic) bond motifs is 1. The van der Waals surface area contributed by atoms with Crippen molar-refractivity contribution in [2.24, 2.45) is 23.7 Å². The highest BCUT2D eigenvalue weighted by molar-refractivity contribution is 5.83. The summed E-state index contributed by atoms with van der Waals surface area (Å²) in [6.07, 6.45) is 4.07. The zero-order valence-corrected chi connectivity index (χ0v) is 20.4. The number of ether oxygens (including phenoxy) is 1. The fraction of sp³-hybridized carbons (Fsp3) is 0.448. The number of hydrogen-bond donors (Lipinski definition) is 3. The van der Waals surface area contributed by atoms with Crippen LogP contribution < -0.4 is 10.1 Å². The van der Waals surface area contributed by atoms with Crippen LogP contribution in [0.15, 0.2) is 54.7 Å². The lowest BCUT2D eigenvalue weighted by Gasteiger charge is -2.47. The molecule has 4 atom stereocenters. The van der Waals surface area contributed by atoms with Crippen LogP contribution in [0.25, 0.3) is 10.9 Å². The fourth-order valence-corrected chi connectivity index (χ4v) is 6.35. The van der Waals surface area contributed by atoms with Gasteiger partial charge in [-0.15, -0.1) is 0 Å². The third-order valence-corrected chi connectivity index (χ3v) is 8.36. The zero-order valence-electron chi connectivity index (χ0n) is 20.4. The molecule has 2 fully saturated rings. The van der Waals surface area contributed by atoms with Crippen molar-refractivity contribution in [2.45, 2.75) is 37.7 Å². The Morgan fingerprint density at radius 1 is 1.19 bits per heavy atom. The molecule has 6 nitrogen and oxygen atoms in total. The van der Waals surface area contributed by atoms with E-state index in [1.165, 1.54) is 12.1 Å². The van der Waals surface area contributed by atoms with Gasteiger partial charge < -0.3 is 20.3 Å². The van der Waals surface area contributed by atoms with Gasteiger partial charge in [0.1, 0.15) is 11.6 Å². The molecule has 1 saturated heterocycles. The minimum absolute atomic E-state index is 0.0137. The van der Waals surface area contributed by atoms with E-state index in [1.807, 2.05) is 36.4 Å². The Labute approximate surface area is 210 Å². The standard InChI is InChI=1S/C29H33FN2O4/c1-36-21-6-7-27-25(14-21)23(9-11-32-27)28(33)15-24(22-8-10-31-16-26(22)29(34)35)19-12-18(13-19)17-2-4-20(30)5-3-17/h2-7,9,11,14,18-19,22,24,26,28,31,33H,8,10,12-13,15-16H2,1H3,(H,34,35)/t18?,19?,22?,24-,26?,28-/m1/s1. The Morgan fingerprint density at radius 3 is 2.69 bits per heavy atom. The van der Waals surface area contributed by atoms with Crippen LogP contribution >= 0.6 is 0 Å². The lowest BCUT2D eigenvalue weighted by Crippen LogP contribution is -2.47. The molecule has 1 aromatic heterocycles. The molecule has 0 spiro atoms. The Bertz CT molecular complexity index is 1210. The van der Waals surface area contributed by atoms with E-state index in [0.717, 1.165) is 47.8 Å². The van der Waals surface area contributed by atoms with Crippen LogP contribution in [0.4, 0.5) is 4.39 Å². The fourth-order valence-electron chi connectivity index (χ4n) is 6.35. The number of benzene rings is 2. The number of nitrogens with one attached hydrogen (secondary N) is 1. The van der Waals surface area contributed by atoms with Gasteiger partial charge in [-0.05, 0) is 103 Å². The van der Waals surface area contributed by atoms with Gasteiger partial charge in [0.25, 0.3) is 0 Å². The van der Waals surface area contributed by atoms with Gasteiger partial charge in [0.05, 0.1) is 24.6 Å². The average molecular weight is 493 g/mol. The summed E-state index contributed by atoms with van der Waals surface area (Å²) in [6, 6.07) is 14.2. The minimum Gasteiger partial charge on any atom is -0.497 e. The molecule has 1 aliphatic heterocycles. The van der Waals surface area contributed by atoms with Crippen molar-refractivity contribution in [2.75, 3.05) is 20.2 Å². The molecule has 2 heterocycles. The summed E-state index contributed by atoms with van der Waals surface area (Å²) in [5, 5.41) is 25.6. The summed E-state index contributed by atoms with van der Waals surface area (Å²) in [5.74, 6) is -0.0977. The molecule has 1 aliphatic carbocycles. The predicted molar refractivity (Wildman–Crippen MR) is 135 cm³/mol. The van der Waals surface area contributed by atoms with E-state index in [4.69, 9.17) is 4.74 Å². The third-order valence-electron chi connectivity index (χ3n) is 8.36. The summed E-state index contributed by atoms with van der Waals surface area (Å²) >= 11 is 0. The summed E-state index contributed by atoms with van der Waals surface area (Å²) < 4.78 is 18.8. The molecule has 3 N–H and O–H groups in total. The van der Waals surface area contributed by atoms with Crippen molar-refractivity contribution in [3.63, 3.8) is 0 Å². The summed E-state index contributed by atoms with van der Waals surface area (Å²) in [5.41, 5.74) is 2.70. The van der Waals surface area contributed by atoms with E-state index in [-0.39, 0.29) is 17.7 Å². The van der Waals surface area contributed by atoms with E-state index in [1.54, 1.807) is 13.3 Å². The molecule has 0 bridgehead atoms. The number of carbonyl (C=O) groups is 1. The average Bonchev–Trinajstić information content (AvgIpc) is 2.87. The van der Waals surface area contributed by atoms with E-state index in [0.29, 0.717) is 30.6 Å². The smallest absolute Gasteiger partial charge is 0.308 e. The van der Waals surface area contributed by atoms with E-state index >= 15 is 0 Å². The van der Waals surface area contributed by atoms with E-state index in [9.17, 15) is 19.4 Å². The largest absolute Gasteiger partial charge is 0.497 e. The molecule has 0 amide bonds. The Hall–Kier alpha value is -3.03. The first-order chi connectivity index (χ1) is 17.4. The number of aliphatic hydroxyl groups is 1. The van der Waals surface area contributed by atoms with Gasteiger partial charge in [-0.3, -0.25) is 9.78 Å². The molecule has 2 unspecified atom stereocenters. The molecule has 2 aromatic carbocycles. The van der Waals surface area contributed by atoms with Crippen molar-refractivity contribution >= 4 is 16.9 Å². The van der Waals surface area contributed by atoms with Gasteiger partial charge in [0, 0.05) is 18.1 Å². The van der Waals surface area contributed by atoms with Crippen LogP contribution in [0, 0.1) is 29.5 Å². The quantitative estimate of drug-likeness (QED) is 0.413. The number of rotatable bonds is 8. The molecule has 7 heteroatoms. The number of aromatic nitrogens is 1. The molecular weight excluding hydrogens is 459 g/mol. The van der Waals surface area contributed by atoms with Gasteiger partial charge in [-0.1, -0.05) is 12.1 Å². The number of carboxylic acid groups (broad SMARTS) is 1. The molecule has 190 valence electrons. The topological polar surface area (TPSA) is 91.7 Å². The molecule has 2 aliphatic rings. The predicted octanol–water partition coefficient (Wildman–Crippen LogP) is 4.93. The lowest BCUT2D eigenvalue weighted by molar-refractivity contribution is -0.146. The van der Waals surface area contributed by atoms with Crippen molar-refractivity contribution in [1.82, 2.24) is 10.3 Å². The second-order valence-corrected chi connectivity index (χ2v) is 10.3. The minimum atomic E-state index is -0.778. The highest BCUT2D eigenvalue weighted by atomic mass is 19.1. The third kappa shape index (κ3) is 4.95. The Morgan fingerprint density at radius 2 is 1.97 bits per heavy atom. The first kappa shape index (κ1) is 24.7. The first-order valence-corrected chi connectivity index (χ1v) is 12.7. The maximum Gasteiger partial charge on any atom is 0.308 e. The van der Waals surface area contributed by atoms with Gasteiger partial charge >= 0.3 is 5.97 Å². The van der Waals surface area contributed by atoms with Crippen molar-refractivity contribution in [3.05, 3.63) is 71.7 Å². The first-order valence-electron chi connectivity index (χ1n) is 12.7. The van der Waals surface area contributed by atoms with Gasteiger partial charge in [0.15, 0.2) is 0 Å². The van der Waals surface area contributed by atoms with Crippen LogP contribution in [0.1, 0.15) is 48.8 Å². The SMILES string of the molecule is COc1ccc2nccc([C@H](O)C[C@H](C3CC(c4ccc(F)cc4)C3)C3CCNCC3C(=O)O)c2c1. The molecule has 36 heavy (non-hydrogen) atoms. The lowest BCUT2D eigenvalue weighted by atomic mass is 9.59. The number of methoxy groups -OCH3 is 1. The monoisotopic (exact) mass is 492 g/mol. The molecule has 5 rings (SSSR count). The number of pyridine rings is 1. The maximum atomic E-state index is 13.4. The summed E-state index contributed by atoms with van der Waals surface area (Å²) in [7, 11) is 1.61. The number of aliphatic carboxylic acids is 1. The highest BCUT2D eigenvalue weighted by Gasteiger charge is 2.45. The molecule has 1 saturated carbocycles. The van der Waals surface area contributed by atoms with Crippen LogP contribution in [0.3, 0.4) is 0 Å². The number of hydrogen-bond acceptors (Lipinski definition) is 5. The second kappa shape index (κ2) is 10.5. The van der Waals surface area contributed by atoms with Crippen LogP contribution in [0.5, 0.6) is 5.75 Å². The van der Waals surface area contributed by atoms with Crippen LogP contribution in [-0.4, -0.2) is 41.4 Å². The summed E-state index contributed by atoms with van der Waals surface area (Å²) in [4.78, 5) is 16.6. The van der Waals surface area contributed by atoms with Crippen molar-refractivity contribution in [3.8, 4) is 5.75 Å². The Kier molecular flexibility index (Phi) is 7.21. The highest BCUT2D eigenvalue weighted by Crippen LogP contribution is 2.51. The van der Waals surface area contributed by atoms with Crippen molar-refractivity contribution in [1.29, 1.82) is 0 Å². The number of halogens is 1. The zero-order chi connectivity index (χ0) is 25.2. The van der Waals surface area contributed by atoms with Gasteiger partial charge in [-0.2, -0.15) is 0 Å². The second-order valence-electron chi connectivity index (χ2n) is 10.3. The van der Waals surface area contributed by atoms with Crippen molar-refractivity contribution < 1.29 is 24.1 Å². The van der Waals surface area contributed by atoms with E-state index < -0.39 is 18.0 Å². The number of aliphatic hydroxyl groups excluding tert-OH is 1. The summed E-state index contributed by atoms with van der Waals surface area (Å²) in [6.45, 7) is 1.24. The van der Waals surface area contributed by atoms with Gasteiger partial charge in [-0.25, -0.2) is 4.39 Å². The van der Waals surface area contributed by atoms with Gasteiger partial charge in [0.2, 0.25) is 0 Å². The normalized spacial score (nSPS) is 25.6. The molecule has 3 aromatic rings.